The van der Waals surface area contributed by atoms with Gasteiger partial charge in [0.05, 0.1) is 12.7 Å². The predicted octanol–water partition coefficient (Wildman–Crippen LogP) is 0.0355. The van der Waals surface area contributed by atoms with Crippen LogP contribution < -0.4 is 11.1 Å². The highest BCUT2D eigenvalue weighted by atomic mass is 16.5. The van der Waals surface area contributed by atoms with Crippen LogP contribution in [0.5, 0.6) is 0 Å². The summed E-state index contributed by atoms with van der Waals surface area (Å²) in [5.41, 5.74) is 5.17. The van der Waals surface area contributed by atoms with Gasteiger partial charge in [-0.05, 0) is 19.3 Å². The van der Waals surface area contributed by atoms with Gasteiger partial charge in [0.1, 0.15) is 5.54 Å². The third kappa shape index (κ3) is 2.78. The lowest BCUT2D eigenvalue weighted by Gasteiger charge is -2.23. The Kier molecular flexibility index (Phi) is 4.01. The summed E-state index contributed by atoms with van der Waals surface area (Å²) in [6, 6.07) is 0. The summed E-state index contributed by atoms with van der Waals surface area (Å²) in [5, 5.41) is 2.95. The molecule has 5 nitrogen and oxygen atoms in total. The Balaban J connectivity index is 1.79. The zero-order chi connectivity index (χ0) is 12.3. The maximum atomic E-state index is 12.0. The van der Waals surface area contributed by atoms with Crippen LogP contribution in [0.3, 0.4) is 0 Å². The van der Waals surface area contributed by atoms with Crippen LogP contribution in [0.25, 0.3) is 0 Å². The Labute approximate surface area is 102 Å². The van der Waals surface area contributed by atoms with Crippen LogP contribution in [0.2, 0.25) is 0 Å². The molecule has 0 saturated carbocycles. The molecule has 0 radical (unpaired) electrons. The summed E-state index contributed by atoms with van der Waals surface area (Å²) in [6.07, 6.45) is 2.91. The molecule has 3 N–H and O–H groups in total. The fraction of sp³-hybridized carbons (Fsp3) is 0.917. The van der Waals surface area contributed by atoms with Gasteiger partial charge in [-0.2, -0.15) is 0 Å². The third-order valence-electron chi connectivity index (χ3n) is 3.78. The molecule has 1 amide bonds. The second kappa shape index (κ2) is 5.33. The second-order valence-electron chi connectivity index (χ2n) is 5.03. The monoisotopic (exact) mass is 242 g/mol. The van der Waals surface area contributed by atoms with Crippen molar-refractivity contribution >= 4 is 5.91 Å². The van der Waals surface area contributed by atoms with Crippen molar-refractivity contribution in [3.8, 4) is 0 Å². The molecule has 3 atom stereocenters. The van der Waals surface area contributed by atoms with Crippen molar-refractivity contribution in [3.63, 3.8) is 0 Å². The first kappa shape index (κ1) is 12.8. The van der Waals surface area contributed by atoms with Crippen molar-refractivity contribution in [3.05, 3.63) is 0 Å². The van der Waals surface area contributed by atoms with E-state index in [1.807, 2.05) is 0 Å². The van der Waals surface area contributed by atoms with Crippen LogP contribution in [0.1, 0.15) is 26.2 Å². The normalized spacial score (nSPS) is 37.3. The molecule has 0 spiro atoms. The summed E-state index contributed by atoms with van der Waals surface area (Å²) in [6.45, 7) is 4.48. The largest absolute Gasteiger partial charge is 0.379 e. The van der Waals surface area contributed by atoms with E-state index in [1.165, 1.54) is 0 Å². The van der Waals surface area contributed by atoms with Crippen molar-refractivity contribution in [1.29, 1.82) is 0 Å². The lowest BCUT2D eigenvalue weighted by atomic mass is 9.96. The summed E-state index contributed by atoms with van der Waals surface area (Å²) in [7, 11) is 0. The van der Waals surface area contributed by atoms with E-state index in [1.54, 1.807) is 0 Å². The maximum Gasteiger partial charge on any atom is 0.242 e. The average molecular weight is 242 g/mol. The zero-order valence-corrected chi connectivity index (χ0v) is 10.4. The highest BCUT2D eigenvalue weighted by Gasteiger charge is 2.38. The number of rotatable bonds is 4. The lowest BCUT2D eigenvalue weighted by Crippen LogP contribution is -2.55. The molecule has 2 heterocycles. The van der Waals surface area contributed by atoms with Gasteiger partial charge in [0.2, 0.25) is 5.91 Å². The Hall–Kier alpha value is -0.650. The van der Waals surface area contributed by atoms with Crippen molar-refractivity contribution < 1.29 is 14.3 Å². The van der Waals surface area contributed by atoms with Gasteiger partial charge in [0, 0.05) is 25.7 Å². The minimum Gasteiger partial charge on any atom is -0.379 e. The molecule has 3 unspecified atom stereocenters. The molecule has 0 aliphatic carbocycles. The van der Waals surface area contributed by atoms with Gasteiger partial charge in [-0.15, -0.1) is 0 Å². The quantitative estimate of drug-likeness (QED) is 0.730. The SMILES string of the molecule is CCC1OCCC1CNC(=O)C1(N)CCOC1. The standard InChI is InChI=1S/C12H22N2O3/c1-2-10-9(3-5-17-10)7-14-11(15)12(13)4-6-16-8-12/h9-10H,2-8,13H2,1H3,(H,14,15). The fourth-order valence-electron chi connectivity index (χ4n) is 2.54. The highest BCUT2D eigenvalue weighted by Crippen LogP contribution is 2.23. The first-order valence-corrected chi connectivity index (χ1v) is 6.42. The minimum atomic E-state index is -0.818. The number of ether oxygens (including phenoxy) is 2. The highest BCUT2D eigenvalue weighted by molar-refractivity contribution is 5.86. The van der Waals surface area contributed by atoms with Crippen molar-refractivity contribution in [2.45, 2.75) is 37.8 Å². The van der Waals surface area contributed by atoms with Crippen LogP contribution in [-0.2, 0) is 14.3 Å². The molecule has 98 valence electrons. The van der Waals surface area contributed by atoms with E-state index in [2.05, 4.69) is 12.2 Å². The molecule has 2 fully saturated rings. The Morgan fingerprint density at radius 1 is 1.53 bits per heavy atom. The number of nitrogens with two attached hydrogens (primary N) is 1. The van der Waals surface area contributed by atoms with E-state index in [4.69, 9.17) is 15.2 Å². The van der Waals surface area contributed by atoms with E-state index in [-0.39, 0.29) is 12.0 Å². The predicted molar refractivity (Wildman–Crippen MR) is 63.5 cm³/mol. The van der Waals surface area contributed by atoms with Gasteiger partial charge in [0.15, 0.2) is 0 Å². The molecule has 0 aromatic heterocycles. The molecule has 0 aromatic carbocycles. The minimum absolute atomic E-state index is 0.0863. The van der Waals surface area contributed by atoms with Crippen LogP contribution in [0.15, 0.2) is 0 Å². The summed E-state index contributed by atoms with van der Waals surface area (Å²) < 4.78 is 10.8. The molecular weight excluding hydrogens is 220 g/mol. The molecule has 17 heavy (non-hydrogen) atoms. The van der Waals surface area contributed by atoms with Crippen molar-refractivity contribution in [2.24, 2.45) is 11.7 Å². The number of carbonyl (C=O) groups is 1. The maximum absolute atomic E-state index is 12.0. The molecule has 2 aliphatic rings. The van der Waals surface area contributed by atoms with Crippen LogP contribution in [-0.4, -0.2) is 43.9 Å². The smallest absolute Gasteiger partial charge is 0.242 e. The molecule has 0 bridgehead atoms. The van der Waals surface area contributed by atoms with E-state index in [0.29, 0.717) is 32.1 Å². The second-order valence-corrected chi connectivity index (χ2v) is 5.03. The number of carbonyl (C=O) groups excluding carboxylic acids is 1. The topological polar surface area (TPSA) is 73.6 Å². The van der Waals surface area contributed by atoms with E-state index in [9.17, 15) is 4.79 Å². The van der Waals surface area contributed by atoms with Crippen LogP contribution >= 0.6 is 0 Å². The third-order valence-corrected chi connectivity index (χ3v) is 3.78. The number of nitrogens with one attached hydrogen (secondary N) is 1. The summed E-state index contributed by atoms with van der Waals surface area (Å²) in [4.78, 5) is 12.0. The molecule has 2 rings (SSSR count). The summed E-state index contributed by atoms with van der Waals surface area (Å²) in [5.74, 6) is 0.339. The zero-order valence-electron chi connectivity index (χ0n) is 10.4. The molecule has 5 heteroatoms. The van der Waals surface area contributed by atoms with Crippen LogP contribution in [0.4, 0.5) is 0 Å². The summed E-state index contributed by atoms with van der Waals surface area (Å²) >= 11 is 0. The van der Waals surface area contributed by atoms with Crippen LogP contribution in [0, 0.1) is 5.92 Å². The van der Waals surface area contributed by atoms with E-state index >= 15 is 0 Å². The number of hydrogen-bond donors (Lipinski definition) is 2. The van der Waals surface area contributed by atoms with Gasteiger partial charge < -0.3 is 20.5 Å². The Morgan fingerprint density at radius 2 is 2.35 bits per heavy atom. The number of amides is 1. The number of hydrogen-bond acceptors (Lipinski definition) is 4. The fourth-order valence-corrected chi connectivity index (χ4v) is 2.54. The molecular formula is C12H22N2O3. The van der Waals surface area contributed by atoms with Gasteiger partial charge >= 0.3 is 0 Å². The Morgan fingerprint density at radius 3 is 3.00 bits per heavy atom. The van der Waals surface area contributed by atoms with Gasteiger partial charge in [-0.1, -0.05) is 6.92 Å². The van der Waals surface area contributed by atoms with E-state index in [0.717, 1.165) is 19.4 Å². The van der Waals surface area contributed by atoms with Gasteiger partial charge in [-0.3, -0.25) is 4.79 Å². The average Bonchev–Trinajstić information content (AvgIpc) is 2.95. The lowest BCUT2D eigenvalue weighted by molar-refractivity contribution is -0.126. The van der Waals surface area contributed by atoms with Crippen molar-refractivity contribution in [2.75, 3.05) is 26.4 Å². The first-order chi connectivity index (χ1) is 8.15. The van der Waals surface area contributed by atoms with Gasteiger partial charge in [0.25, 0.3) is 0 Å². The Bertz CT molecular complexity index is 277. The molecule has 2 aliphatic heterocycles. The molecule has 2 saturated heterocycles. The molecule has 0 aromatic rings. The van der Waals surface area contributed by atoms with E-state index < -0.39 is 5.54 Å². The van der Waals surface area contributed by atoms with Gasteiger partial charge in [-0.25, -0.2) is 0 Å². The van der Waals surface area contributed by atoms with Crippen molar-refractivity contribution in [1.82, 2.24) is 5.32 Å². The first-order valence-electron chi connectivity index (χ1n) is 6.42.